The van der Waals surface area contributed by atoms with Crippen LogP contribution in [0, 0.1) is 5.41 Å². The van der Waals surface area contributed by atoms with Gasteiger partial charge in [-0.25, -0.2) is 0 Å². The summed E-state index contributed by atoms with van der Waals surface area (Å²) in [5, 5.41) is 13.5. The molecule has 3 aromatic carbocycles. The lowest BCUT2D eigenvalue weighted by Gasteiger charge is -2.32. The molecule has 35 heavy (non-hydrogen) atoms. The number of amidine groups is 1. The van der Waals surface area contributed by atoms with Crippen LogP contribution in [0.5, 0.6) is 5.75 Å². The Morgan fingerprint density at radius 3 is 2.63 bits per heavy atom. The molecule has 0 radical (unpaired) electrons. The van der Waals surface area contributed by atoms with Gasteiger partial charge in [0.25, 0.3) is 0 Å². The fourth-order valence-corrected chi connectivity index (χ4v) is 5.49. The first kappa shape index (κ1) is 23.2. The molecule has 0 saturated heterocycles. The van der Waals surface area contributed by atoms with E-state index in [4.69, 9.17) is 21.6 Å². The number of amides is 1. The molecule has 1 atom stereocenters. The molecule has 3 aromatic rings. The smallest absolute Gasteiger partial charge is 0.243 e. The largest absolute Gasteiger partial charge is 0.496 e. The molecule has 5 rings (SSSR count). The van der Waals surface area contributed by atoms with Crippen molar-refractivity contribution in [3.63, 3.8) is 0 Å². The first-order chi connectivity index (χ1) is 16.9. The Kier molecular flexibility index (Phi) is 6.34. The van der Waals surface area contributed by atoms with E-state index in [1.54, 1.807) is 7.11 Å². The van der Waals surface area contributed by atoms with Crippen molar-refractivity contribution in [2.45, 2.75) is 56.8 Å². The van der Waals surface area contributed by atoms with Gasteiger partial charge in [-0.1, -0.05) is 42.5 Å². The highest BCUT2D eigenvalue weighted by atomic mass is 16.5. The van der Waals surface area contributed by atoms with Crippen LogP contribution in [0.2, 0.25) is 0 Å². The van der Waals surface area contributed by atoms with Crippen molar-refractivity contribution >= 4 is 28.2 Å². The van der Waals surface area contributed by atoms with Gasteiger partial charge in [0.1, 0.15) is 17.6 Å². The van der Waals surface area contributed by atoms with Crippen molar-refractivity contribution in [1.82, 2.24) is 5.32 Å². The van der Waals surface area contributed by atoms with Gasteiger partial charge in [0.05, 0.1) is 7.11 Å². The summed E-state index contributed by atoms with van der Waals surface area (Å²) in [6.45, 7) is 0.506. The first-order valence-corrected chi connectivity index (χ1v) is 12.3. The fourth-order valence-electron chi connectivity index (χ4n) is 5.49. The number of nitrogens with one attached hydrogen (secondary N) is 2. The monoisotopic (exact) mass is 471 g/mol. The zero-order valence-electron chi connectivity index (χ0n) is 20.1. The number of benzene rings is 3. The molecule has 1 heterocycles. The van der Waals surface area contributed by atoms with Crippen molar-refractivity contribution < 1.29 is 9.53 Å². The van der Waals surface area contributed by atoms with E-state index in [-0.39, 0.29) is 29.9 Å². The summed E-state index contributed by atoms with van der Waals surface area (Å²) >= 11 is 0. The molecule has 1 fully saturated rings. The van der Waals surface area contributed by atoms with E-state index in [1.807, 2.05) is 36.4 Å². The highest BCUT2D eigenvalue weighted by molar-refractivity contribution is 5.97. The maximum Gasteiger partial charge on any atom is 0.243 e. The molecule has 7 nitrogen and oxygen atoms in total. The molecule has 0 aromatic heterocycles. The van der Waals surface area contributed by atoms with Crippen LogP contribution in [0.1, 0.15) is 42.4 Å². The van der Waals surface area contributed by atoms with Crippen LogP contribution < -0.4 is 26.4 Å². The lowest BCUT2D eigenvalue weighted by atomic mass is 9.91. The van der Waals surface area contributed by atoms with Gasteiger partial charge in [0.15, 0.2) is 0 Å². The number of nitrogen functional groups attached to an aromatic ring is 1. The van der Waals surface area contributed by atoms with E-state index < -0.39 is 0 Å². The Balaban J connectivity index is 1.52. The minimum atomic E-state index is -0.355. The second kappa shape index (κ2) is 9.58. The molecular weight excluding hydrogens is 438 g/mol. The number of fused-ring (bicyclic) bond motifs is 2. The Hall–Kier alpha value is -3.58. The second-order valence-corrected chi connectivity index (χ2v) is 9.69. The summed E-state index contributed by atoms with van der Waals surface area (Å²) in [5.41, 5.74) is 15.6. The number of rotatable bonds is 6. The first-order valence-electron chi connectivity index (χ1n) is 12.3. The molecule has 6 N–H and O–H groups in total. The predicted molar refractivity (Wildman–Crippen MR) is 140 cm³/mol. The SMILES string of the molecule is COc1ccc2ccccc2c1CN1c2cc(C(=N)N)ccc2CC1C(=O)N[C@H]1CC[C@H](N)CC1. The molecule has 1 amide bonds. The summed E-state index contributed by atoms with van der Waals surface area (Å²) < 4.78 is 5.75. The summed E-state index contributed by atoms with van der Waals surface area (Å²) in [6.07, 6.45) is 4.32. The molecule has 0 bridgehead atoms. The van der Waals surface area contributed by atoms with Gasteiger partial charge in [0, 0.05) is 41.9 Å². The Morgan fingerprint density at radius 2 is 1.89 bits per heavy atom. The Morgan fingerprint density at radius 1 is 1.11 bits per heavy atom. The highest BCUT2D eigenvalue weighted by Gasteiger charge is 2.36. The number of carbonyl (C=O) groups excluding carboxylic acids is 1. The number of ether oxygens (including phenoxy) is 1. The van der Waals surface area contributed by atoms with E-state index in [2.05, 4.69) is 28.4 Å². The maximum atomic E-state index is 13.6. The summed E-state index contributed by atoms with van der Waals surface area (Å²) in [7, 11) is 1.68. The van der Waals surface area contributed by atoms with Crippen molar-refractivity contribution in [2.75, 3.05) is 12.0 Å². The average molecular weight is 472 g/mol. The Labute approximate surface area is 205 Å². The number of carbonyl (C=O) groups is 1. The van der Waals surface area contributed by atoms with Crippen molar-refractivity contribution in [3.05, 3.63) is 71.3 Å². The van der Waals surface area contributed by atoms with Crippen molar-refractivity contribution in [3.8, 4) is 5.75 Å². The average Bonchev–Trinajstić information content (AvgIpc) is 3.23. The van der Waals surface area contributed by atoms with Gasteiger partial charge in [-0.05, 0) is 54.2 Å². The molecule has 0 spiro atoms. The number of anilines is 1. The zero-order chi connectivity index (χ0) is 24.5. The zero-order valence-corrected chi connectivity index (χ0v) is 20.1. The summed E-state index contributed by atoms with van der Waals surface area (Å²) in [4.78, 5) is 15.8. The fraction of sp³-hybridized carbons (Fsp3) is 0.357. The minimum Gasteiger partial charge on any atom is -0.496 e. The highest BCUT2D eigenvalue weighted by Crippen LogP contribution is 2.38. The Bertz CT molecular complexity index is 1270. The second-order valence-electron chi connectivity index (χ2n) is 9.69. The molecule has 1 aliphatic heterocycles. The standard InChI is InChI=1S/C28H33N5O2/c1-35-26-13-8-17-4-2-3-5-22(17)23(26)16-33-24-15-19(27(30)31)7-6-18(24)14-25(33)28(34)32-21-11-9-20(29)10-12-21/h2-8,13,15,20-21,25H,9-12,14,16,29H2,1H3,(H3,30,31)(H,32,34)/t20-,21-,25?. The van der Waals surface area contributed by atoms with Crippen LogP contribution >= 0.6 is 0 Å². The van der Waals surface area contributed by atoms with Crippen LogP contribution in [0.25, 0.3) is 10.8 Å². The van der Waals surface area contributed by atoms with Crippen LogP contribution in [0.15, 0.2) is 54.6 Å². The van der Waals surface area contributed by atoms with E-state index in [1.165, 1.54) is 0 Å². The predicted octanol–water partition coefficient (Wildman–Crippen LogP) is 3.45. The van der Waals surface area contributed by atoms with Gasteiger partial charge < -0.3 is 26.4 Å². The third kappa shape index (κ3) is 4.56. The topological polar surface area (TPSA) is 117 Å². The molecule has 2 aliphatic rings. The number of nitrogens with two attached hydrogens (primary N) is 2. The van der Waals surface area contributed by atoms with Crippen molar-refractivity contribution in [2.24, 2.45) is 11.5 Å². The lowest BCUT2D eigenvalue weighted by molar-refractivity contribution is -0.123. The van der Waals surface area contributed by atoms with E-state index in [9.17, 15) is 4.79 Å². The molecule has 182 valence electrons. The van der Waals surface area contributed by atoms with Gasteiger partial charge in [-0.15, -0.1) is 0 Å². The van der Waals surface area contributed by atoms with Crippen molar-refractivity contribution in [1.29, 1.82) is 5.41 Å². The van der Waals surface area contributed by atoms with Gasteiger partial charge in [-0.3, -0.25) is 10.2 Å². The quantitative estimate of drug-likeness (QED) is 0.324. The van der Waals surface area contributed by atoms with Crippen LogP contribution in [-0.2, 0) is 17.8 Å². The number of methoxy groups -OCH3 is 1. The third-order valence-electron chi connectivity index (χ3n) is 7.46. The molecule has 1 saturated carbocycles. The lowest BCUT2D eigenvalue weighted by Crippen LogP contribution is -2.49. The van der Waals surface area contributed by atoms with E-state index in [0.29, 0.717) is 18.5 Å². The van der Waals surface area contributed by atoms with E-state index >= 15 is 0 Å². The normalized spacial score (nSPS) is 21.5. The maximum absolute atomic E-state index is 13.6. The van der Waals surface area contributed by atoms with Gasteiger partial charge in [-0.2, -0.15) is 0 Å². The van der Waals surface area contributed by atoms with Gasteiger partial charge in [0.2, 0.25) is 5.91 Å². The minimum absolute atomic E-state index is 0.0157. The molecule has 1 unspecified atom stereocenters. The third-order valence-corrected chi connectivity index (χ3v) is 7.46. The van der Waals surface area contributed by atoms with Crippen LogP contribution in [0.3, 0.4) is 0 Å². The van der Waals surface area contributed by atoms with Crippen LogP contribution in [-0.4, -0.2) is 37.0 Å². The van der Waals surface area contributed by atoms with E-state index in [0.717, 1.165) is 59.0 Å². The molecular formula is C28H33N5O2. The number of hydrogen-bond donors (Lipinski definition) is 4. The number of hydrogen-bond acceptors (Lipinski definition) is 5. The molecule has 1 aliphatic carbocycles. The molecule has 7 heteroatoms. The summed E-state index contributed by atoms with van der Waals surface area (Å²) in [5.74, 6) is 0.840. The summed E-state index contributed by atoms with van der Waals surface area (Å²) in [6, 6.07) is 18.1. The number of nitrogens with zero attached hydrogens (tertiary/aromatic N) is 1. The van der Waals surface area contributed by atoms with Gasteiger partial charge >= 0.3 is 0 Å². The van der Waals surface area contributed by atoms with Crippen LogP contribution in [0.4, 0.5) is 5.69 Å².